The normalized spacial score (nSPS) is 14.6. The molecule has 5 nitrogen and oxygen atoms in total. The van der Waals surface area contributed by atoms with Crippen molar-refractivity contribution < 1.29 is 19.0 Å². The summed E-state index contributed by atoms with van der Waals surface area (Å²) in [5.41, 5.74) is 2.35. The van der Waals surface area contributed by atoms with Crippen LogP contribution in [0.1, 0.15) is 11.1 Å². The number of ether oxygens (including phenoxy) is 3. The standard InChI is InChI=1S/C25H19Cl2NO4S2/c1-30-20-10-8-18(13-19(20)27)28-24(29)23(34-25(28)33)12-16-5-9-21(22(11-16)31-2)32-14-15-3-6-17(26)7-4-15/h3-13H,14H2,1-2H3. The molecule has 1 amide bonds. The van der Waals surface area contributed by atoms with Crippen LogP contribution in [0.2, 0.25) is 10.0 Å². The first kappa shape index (κ1) is 24.4. The van der Waals surface area contributed by atoms with E-state index in [0.29, 0.717) is 48.8 Å². The lowest BCUT2D eigenvalue weighted by molar-refractivity contribution is -0.113. The topological polar surface area (TPSA) is 48.0 Å². The van der Waals surface area contributed by atoms with Crippen molar-refractivity contribution in [1.29, 1.82) is 0 Å². The zero-order valence-corrected chi connectivity index (χ0v) is 21.4. The number of benzene rings is 3. The van der Waals surface area contributed by atoms with E-state index >= 15 is 0 Å². The highest BCUT2D eigenvalue weighted by Gasteiger charge is 2.33. The van der Waals surface area contributed by atoms with E-state index in [4.69, 9.17) is 49.6 Å². The summed E-state index contributed by atoms with van der Waals surface area (Å²) in [4.78, 5) is 15.1. The van der Waals surface area contributed by atoms with Crippen molar-refractivity contribution in [2.45, 2.75) is 6.61 Å². The Morgan fingerprint density at radius 2 is 1.65 bits per heavy atom. The smallest absolute Gasteiger partial charge is 0.270 e. The predicted molar refractivity (Wildman–Crippen MR) is 142 cm³/mol. The van der Waals surface area contributed by atoms with Crippen LogP contribution in [0.3, 0.4) is 0 Å². The van der Waals surface area contributed by atoms with Crippen LogP contribution in [0.5, 0.6) is 17.2 Å². The largest absolute Gasteiger partial charge is 0.495 e. The van der Waals surface area contributed by atoms with E-state index in [1.54, 1.807) is 31.4 Å². The minimum Gasteiger partial charge on any atom is -0.495 e. The molecule has 4 rings (SSSR count). The number of carbonyl (C=O) groups is 1. The number of amides is 1. The highest BCUT2D eigenvalue weighted by Crippen LogP contribution is 2.39. The fourth-order valence-electron chi connectivity index (χ4n) is 3.27. The Hall–Kier alpha value is -2.71. The number of halogens is 2. The molecule has 9 heteroatoms. The molecule has 34 heavy (non-hydrogen) atoms. The molecule has 0 unspecified atom stereocenters. The number of thiocarbonyl (C=S) groups is 1. The minimum atomic E-state index is -0.224. The van der Waals surface area contributed by atoms with Gasteiger partial charge in [0, 0.05) is 5.02 Å². The second kappa shape index (κ2) is 10.7. The summed E-state index contributed by atoms with van der Waals surface area (Å²) in [5.74, 6) is 1.45. The van der Waals surface area contributed by atoms with Crippen molar-refractivity contribution >= 4 is 69.2 Å². The molecule has 3 aromatic rings. The third-order valence-corrected chi connectivity index (χ3v) is 6.83. The number of anilines is 1. The average Bonchev–Trinajstić information content (AvgIpc) is 3.11. The maximum atomic E-state index is 13.1. The van der Waals surface area contributed by atoms with E-state index in [1.807, 2.05) is 42.5 Å². The first-order chi connectivity index (χ1) is 16.4. The van der Waals surface area contributed by atoms with Crippen molar-refractivity contribution in [1.82, 2.24) is 0 Å². The summed E-state index contributed by atoms with van der Waals surface area (Å²) in [5, 5.41) is 1.07. The third kappa shape index (κ3) is 5.33. The molecule has 1 fully saturated rings. The third-order valence-electron chi connectivity index (χ3n) is 4.98. The van der Waals surface area contributed by atoms with Crippen LogP contribution in [0.15, 0.2) is 65.6 Å². The number of methoxy groups -OCH3 is 2. The van der Waals surface area contributed by atoms with Gasteiger partial charge in [0.2, 0.25) is 0 Å². The maximum Gasteiger partial charge on any atom is 0.270 e. The van der Waals surface area contributed by atoms with E-state index in [-0.39, 0.29) is 5.91 Å². The zero-order chi connectivity index (χ0) is 24.2. The van der Waals surface area contributed by atoms with Gasteiger partial charge in [-0.2, -0.15) is 0 Å². The molecule has 1 heterocycles. The number of hydrogen-bond donors (Lipinski definition) is 0. The van der Waals surface area contributed by atoms with Gasteiger partial charge in [-0.3, -0.25) is 9.69 Å². The second-order valence-corrected chi connectivity index (χ2v) is 9.68. The summed E-state index contributed by atoms with van der Waals surface area (Å²) >= 11 is 18.8. The molecule has 1 saturated heterocycles. The van der Waals surface area contributed by atoms with Crippen molar-refractivity contribution in [3.8, 4) is 17.2 Å². The Bertz CT molecular complexity index is 1280. The van der Waals surface area contributed by atoms with Gasteiger partial charge in [-0.15, -0.1) is 0 Å². The van der Waals surface area contributed by atoms with Crippen LogP contribution in [0.25, 0.3) is 6.08 Å². The van der Waals surface area contributed by atoms with Crippen LogP contribution >= 0.6 is 47.2 Å². The van der Waals surface area contributed by atoms with Gasteiger partial charge in [0.25, 0.3) is 5.91 Å². The van der Waals surface area contributed by atoms with Gasteiger partial charge in [0.1, 0.15) is 12.4 Å². The van der Waals surface area contributed by atoms with Gasteiger partial charge in [0.05, 0.1) is 29.8 Å². The van der Waals surface area contributed by atoms with E-state index < -0.39 is 0 Å². The molecule has 0 aliphatic carbocycles. The van der Waals surface area contributed by atoms with E-state index in [9.17, 15) is 4.79 Å². The highest BCUT2D eigenvalue weighted by molar-refractivity contribution is 8.27. The SMILES string of the molecule is COc1ccc(N2C(=O)C(=Cc3ccc(OCc4ccc(Cl)cc4)c(OC)c3)SC2=S)cc1Cl. The van der Waals surface area contributed by atoms with Gasteiger partial charge in [-0.25, -0.2) is 0 Å². The molecule has 0 atom stereocenters. The summed E-state index contributed by atoms with van der Waals surface area (Å²) in [6, 6.07) is 18.0. The first-order valence-electron chi connectivity index (χ1n) is 10.1. The summed E-state index contributed by atoms with van der Waals surface area (Å²) in [7, 11) is 3.10. The number of rotatable bonds is 7. The van der Waals surface area contributed by atoms with E-state index in [2.05, 4.69) is 0 Å². The Kier molecular flexibility index (Phi) is 7.68. The molecule has 0 N–H and O–H groups in total. The van der Waals surface area contributed by atoms with Crippen molar-refractivity contribution in [3.05, 3.63) is 86.7 Å². The summed E-state index contributed by atoms with van der Waals surface area (Å²) < 4.78 is 17.0. The van der Waals surface area contributed by atoms with Gasteiger partial charge in [-0.1, -0.05) is 65.4 Å². The zero-order valence-electron chi connectivity index (χ0n) is 18.2. The molecule has 174 valence electrons. The molecule has 0 aromatic heterocycles. The van der Waals surface area contributed by atoms with Gasteiger partial charge in [0.15, 0.2) is 15.8 Å². The highest BCUT2D eigenvalue weighted by atomic mass is 35.5. The quantitative estimate of drug-likeness (QED) is 0.241. The molecular weight excluding hydrogens is 513 g/mol. The van der Waals surface area contributed by atoms with Gasteiger partial charge in [-0.05, 0) is 59.7 Å². The van der Waals surface area contributed by atoms with Crippen LogP contribution < -0.4 is 19.1 Å². The molecular formula is C25H19Cl2NO4S2. The molecule has 0 spiro atoms. The van der Waals surface area contributed by atoms with E-state index in [0.717, 1.165) is 11.1 Å². The molecule has 0 radical (unpaired) electrons. The number of thioether (sulfide) groups is 1. The van der Waals surface area contributed by atoms with Gasteiger partial charge < -0.3 is 14.2 Å². The minimum absolute atomic E-state index is 0.224. The number of carbonyl (C=O) groups excluding carboxylic acids is 1. The Morgan fingerprint density at radius 3 is 2.32 bits per heavy atom. The molecule has 0 saturated carbocycles. The Morgan fingerprint density at radius 1 is 0.941 bits per heavy atom. The predicted octanol–water partition coefficient (Wildman–Crippen LogP) is 7.00. The Labute approximate surface area is 217 Å². The summed E-state index contributed by atoms with van der Waals surface area (Å²) in [6.45, 7) is 0.371. The number of nitrogens with zero attached hydrogens (tertiary/aromatic N) is 1. The van der Waals surface area contributed by atoms with E-state index in [1.165, 1.54) is 23.8 Å². The van der Waals surface area contributed by atoms with Crippen LogP contribution in [0.4, 0.5) is 5.69 Å². The van der Waals surface area contributed by atoms with Gasteiger partial charge >= 0.3 is 0 Å². The molecule has 3 aromatic carbocycles. The molecule has 1 aliphatic heterocycles. The lowest BCUT2D eigenvalue weighted by Crippen LogP contribution is -2.27. The van der Waals surface area contributed by atoms with Crippen LogP contribution in [0, 0.1) is 0 Å². The van der Waals surface area contributed by atoms with Crippen molar-refractivity contribution in [3.63, 3.8) is 0 Å². The average molecular weight is 532 g/mol. The fraction of sp³-hybridized carbons (Fsp3) is 0.120. The fourth-order valence-corrected chi connectivity index (χ4v) is 4.95. The monoisotopic (exact) mass is 531 g/mol. The summed E-state index contributed by atoms with van der Waals surface area (Å²) in [6.07, 6.45) is 1.77. The van der Waals surface area contributed by atoms with Crippen molar-refractivity contribution in [2.24, 2.45) is 0 Å². The number of hydrogen-bond acceptors (Lipinski definition) is 6. The maximum absolute atomic E-state index is 13.1. The second-order valence-electron chi connectivity index (χ2n) is 7.16. The van der Waals surface area contributed by atoms with Crippen LogP contribution in [-0.2, 0) is 11.4 Å². The van der Waals surface area contributed by atoms with Crippen LogP contribution in [-0.4, -0.2) is 24.4 Å². The van der Waals surface area contributed by atoms with Crippen molar-refractivity contribution in [2.75, 3.05) is 19.1 Å². The molecule has 1 aliphatic rings. The first-order valence-corrected chi connectivity index (χ1v) is 12.0. The Balaban J connectivity index is 1.53. The lowest BCUT2D eigenvalue weighted by Gasteiger charge is -2.15. The lowest BCUT2D eigenvalue weighted by atomic mass is 10.1. The molecule has 0 bridgehead atoms.